The molecule has 0 aliphatic rings. The van der Waals surface area contributed by atoms with E-state index >= 15 is 0 Å². The Morgan fingerprint density at radius 2 is 2.32 bits per heavy atom. The topological polar surface area (TPSA) is 68.0 Å². The van der Waals surface area contributed by atoms with Gasteiger partial charge in [0, 0.05) is 11.6 Å². The van der Waals surface area contributed by atoms with Crippen LogP contribution in [0.3, 0.4) is 0 Å². The molecule has 0 saturated heterocycles. The van der Waals surface area contributed by atoms with Crippen LogP contribution in [-0.2, 0) is 0 Å². The Kier molecular flexibility index (Phi) is 4.37. The van der Waals surface area contributed by atoms with Gasteiger partial charge in [0.05, 0.1) is 10.2 Å². The highest BCUT2D eigenvalue weighted by atomic mass is 32.1. The molecule has 1 heterocycles. The third kappa shape index (κ3) is 3.44. The number of carbonyl (C=O) groups is 1. The van der Waals surface area contributed by atoms with Crippen LogP contribution < -0.4 is 11.1 Å². The molecule has 0 spiro atoms. The van der Waals surface area contributed by atoms with E-state index in [1.165, 1.54) is 11.3 Å². The van der Waals surface area contributed by atoms with Crippen molar-refractivity contribution in [3.63, 3.8) is 0 Å². The number of nitrogens with two attached hydrogens (primary N) is 1. The molecule has 1 amide bonds. The lowest BCUT2D eigenvalue weighted by Gasteiger charge is -2.13. The third-order valence-corrected chi connectivity index (χ3v) is 3.88. The largest absolute Gasteiger partial charge is 0.375 e. The number of rotatable bonds is 5. The number of thiazole rings is 1. The molecule has 1 unspecified atom stereocenters. The second kappa shape index (κ2) is 6.02. The number of amides is 1. The summed E-state index contributed by atoms with van der Waals surface area (Å²) < 4.78 is 0.950. The van der Waals surface area contributed by atoms with Gasteiger partial charge in [-0.3, -0.25) is 4.79 Å². The number of benzene rings is 1. The molecule has 3 N–H and O–H groups in total. The van der Waals surface area contributed by atoms with Gasteiger partial charge in [0.1, 0.15) is 0 Å². The number of aromatic nitrogens is 1. The lowest BCUT2D eigenvalue weighted by atomic mass is 10.1. The highest BCUT2D eigenvalue weighted by Gasteiger charge is 2.11. The summed E-state index contributed by atoms with van der Waals surface area (Å²) in [7, 11) is 0. The van der Waals surface area contributed by atoms with E-state index in [2.05, 4.69) is 17.2 Å². The van der Waals surface area contributed by atoms with Crippen molar-refractivity contribution in [2.24, 2.45) is 0 Å². The molecule has 0 radical (unpaired) electrons. The summed E-state index contributed by atoms with van der Waals surface area (Å²) in [5, 5.41) is 3.55. The number of nitrogens with zero attached hydrogens (tertiary/aromatic N) is 1. The first kappa shape index (κ1) is 13.8. The Bertz CT molecular complexity index is 579. The second-order valence-corrected chi connectivity index (χ2v) is 5.81. The molecule has 19 heavy (non-hydrogen) atoms. The van der Waals surface area contributed by atoms with Crippen LogP contribution in [0.15, 0.2) is 18.2 Å². The molecular weight excluding hydrogens is 258 g/mol. The van der Waals surface area contributed by atoms with Crippen LogP contribution in [0.1, 0.15) is 43.5 Å². The van der Waals surface area contributed by atoms with Gasteiger partial charge in [0.15, 0.2) is 5.13 Å². The number of unbranched alkanes of at least 4 members (excludes halogenated alkanes) is 1. The molecule has 1 aromatic carbocycles. The van der Waals surface area contributed by atoms with Crippen molar-refractivity contribution < 1.29 is 4.79 Å². The number of anilines is 1. The molecule has 0 bridgehead atoms. The van der Waals surface area contributed by atoms with E-state index in [9.17, 15) is 4.79 Å². The molecule has 0 aliphatic carbocycles. The first-order valence-electron chi connectivity index (χ1n) is 6.57. The third-order valence-electron chi connectivity index (χ3n) is 3.04. The number of hydrogen-bond donors (Lipinski definition) is 2. The average molecular weight is 277 g/mol. The Labute approximate surface area is 117 Å². The predicted molar refractivity (Wildman–Crippen MR) is 80.5 cm³/mol. The summed E-state index contributed by atoms with van der Waals surface area (Å²) in [6.45, 7) is 4.19. The van der Waals surface area contributed by atoms with Crippen molar-refractivity contribution in [3.05, 3.63) is 23.8 Å². The molecule has 1 aromatic heterocycles. The summed E-state index contributed by atoms with van der Waals surface area (Å²) in [6, 6.07) is 5.69. The fraction of sp³-hybridized carbons (Fsp3) is 0.429. The van der Waals surface area contributed by atoms with E-state index in [-0.39, 0.29) is 11.9 Å². The van der Waals surface area contributed by atoms with Crippen molar-refractivity contribution in [1.82, 2.24) is 10.3 Å². The smallest absolute Gasteiger partial charge is 0.251 e. The van der Waals surface area contributed by atoms with Crippen molar-refractivity contribution in [3.8, 4) is 0 Å². The van der Waals surface area contributed by atoms with Crippen LogP contribution >= 0.6 is 11.3 Å². The van der Waals surface area contributed by atoms with E-state index in [1.54, 1.807) is 6.07 Å². The van der Waals surface area contributed by atoms with Crippen LogP contribution in [0.4, 0.5) is 5.13 Å². The predicted octanol–water partition coefficient (Wildman–Crippen LogP) is 3.19. The van der Waals surface area contributed by atoms with Crippen molar-refractivity contribution in [1.29, 1.82) is 0 Å². The Morgan fingerprint density at radius 3 is 3.05 bits per heavy atom. The Balaban J connectivity index is 2.08. The standard InChI is InChI=1S/C14H19N3OS/c1-3-4-5-9(2)16-13(18)10-6-7-11-12(8-10)19-14(15)17-11/h6-9H,3-5H2,1-2H3,(H2,15,17)(H,16,18). The van der Waals surface area contributed by atoms with Gasteiger partial charge in [0.25, 0.3) is 5.91 Å². The Hall–Kier alpha value is -1.62. The monoisotopic (exact) mass is 277 g/mol. The minimum absolute atomic E-state index is 0.0301. The summed E-state index contributed by atoms with van der Waals surface area (Å²) in [4.78, 5) is 16.3. The Morgan fingerprint density at radius 1 is 1.53 bits per heavy atom. The highest BCUT2D eigenvalue weighted by Crippen LogP contribution is 2.24. The van der Waals surface area contributed by atoms with Crippen molar-refractivity contribution >= 4 is 32.6 Å². The average Bonchev–Trinajstić information content (AvgIpc) is 2.75. The molecule has 2 rings (SSSR count). The maximum absolute atomic E-state index is 12.1. The van der Waals surface area contributed by atoms with E-state index in [0.717, 1.165) is 29.5 Å². The first-order chi connectivity index (χ1) is 9.10. The van der Waals surface area contributed by atoms with Crippen molar-refractivity contribution in [2.45, 2.75) is 39.2 Å². The van der Waals surface area contributed by atoms with Crippen LogP contribution in [0.2, 0.25) is 0 Å². The van der Waals surface area contributed by atoms with Crippen molar-refractivity contribution in [2.75, 3.05) is 5.73 Å². The molecule has 4 nitrogen and oxygen atoms in total. The lowest BCUT2D eigenvalue weighted by molar-refractivity contribution is 0.0938. The van der Waals surface area contributed by atoms with Crippen LogP contribution in [0, 0.1) is 0 Å². The number of nitrogens with one attached hydrogen (secondary N) is 1. The van der Waals surface area contributed by atoms with E-state index in [0.29, 0.717) is 10.7 Å². The zero-order valence-corrected chi connectivity index (χ0v) is 12.1. The minimum Gasteiger partial charge on any atom is -0.375 e. The molecular formula is C14H19N3OS. The van der Waals surface area contributed by atoms with Gasteiger partial charge in [0.2, 0.25) is 0 Å². The maximum Gasteiger partial charge on any atom is 0.251 e. The van der Waals surface area contributed by atoms with E-state index in [4.69, 9.17) is 5.73 Å². The zero-order valence-electron chi connectivity index (χ0n) is 11.3. The fourth-order valence-corrected chi connectivity index (χ4v) is 2.75. The molecule has 1 atom stereocenters. The van der Waals surface area contributed by atoms with Crippen LogP contribution in [-0.4, -0.2) is 16.9 Å². The van der Waals surface area contributed by atoms with Gasteiger partial charge in [-0.2, -0.15) is 0 Å². The summed E-state index contributed by atoms with van der Waals surface area (Å²) in [6.07, 6.45) is 3.29. The number of nitrogen functional groups attached to an aromatic ring is 1. The van der Waals surface area contributed by atoms with Gasteiger partial charge in [-0.05, 0) is 31.5 Å². The highest BCUT2D eigenvalue weighted by molar-refractivity contribution is 7.22. The van der Waals surface area contributed by atoms with Gasteiger partial charge >= 0.3 is 0 Å². The summed E-state index contributed by atoms with van der Waals surface area (Å²) in [5.74, 6) is -0.0301. The number of fused-ring (bicyclic) bond motifs is 1. The molecule has 0 fully saturated rings. The van der Waals surface area contributed by atoms with Crippen LogP contribution in [0.5, 0.6) is 0 Å². The molecule has 0 saturated carbocycles. The van der Waals surface area contributed by atoms with Gasteiger partial charge < -0.3 is 11.1 Å². The van der Waals surface area contributed by atoms with Gasteiger partial charge in [-0.15, -0.1) is 0 Å². The van der Waals surface area contributed by atoms with E-state index < -0.39 is 0 Å². The summed E-state index contributed by atoms with van der Waals surface area (Å²) in [5.41, 5.74) is 7.17. The molecule has 5 heteroatoms. The molecule has 102 valence electrons. The summed E-state index contributed by atoms with van der Waals surface area (Å²) >= 11 is 1.40. The zero-order chi connectivity index (χ0) is 13.8. The van der Waals surface area contributed by atoms with Gasteiger partial charge in [-0.1, -0.05) is 31.1 Å². The first-order valence-corrected chi connectivity index (χ1v) is 7.38. The maximum atomic E-state index is 12.1. The fourth-order valence-electron chi connectivity index (χ4n) is 1.97. The lowest BCUT2D eigenvalue weighted by Crippen LogP contribution is -2.32. The SMILES string of the molecule is CCCCC(C)NC(=O)c1ccc2nc(N)sc2c1. The quantitative estimate of drug-likeness (QED) is 0.882. The molecule has 2 aromatic rings. The van der Waals surface area contributed by atoms with Crippen LogP contribution in [0.25, 0.3) is 10.2 Å². The number of carbonyl (C=O) groups excluding carboxylic acids is 1. The normalized spacial score (nSPS) is 12.5. The minimum atomic E-state index is -0.0301. The number of hydrogen-bond acceptors (Lipinski definition) is 4. The van der Waals surface area contributed by atoms with E-state index in [1.807, 2.05) is 19.1 Å². The second-order valence-electron chi connectivity index (χ2n) is 4.75. The molecule has 0 aliphatic heterocycles. The van der Waals surface area contributed by atoms with Gasteiger partial charge in [-0.25, -0.2) is 4.98 Å².